The predicted molar refractivity (Wildman–Crippen MR) is 126 cm³/mol. The molecule has 33 heavy (non-hydrogen) atoms. The van der Waals surface area contributed by atoms with Gasteiger partial charge in [-0.3, -0.25) is 9.52 Å². The standard InChI is InChI=1S/C24H24FN3O4S/c1-32-19-12-10-18(11-13-19)27-33(30,31)20-7-4-6-17(16-20)24(29)26-23-21(25)8-5-9-22(23)28-14-2-3-15-28/h4-13,16,27H,2-3,14-15H2,1H3,(H,26,29). The summed E-state index contributed by atoms with van der Waals surface area (Å²) in [6.07, 6.45) is 2.01. The third-order valence-corrected chi connectivity index (χ3v) is 6.80. The van der Waals surface area contributed by atoms with Gasteiger partial charge in [-0.2, -0.15) is 0 Å². The van der Waals surface area contributed by atoms with E-state index in [9.17, 15) is 17.6 Å². The SMILES string of the molecule is COc1ccc(NS(=O)(=O)c2cccc(C(=O)Nc3c(F)cccc3N3CCCC3)c2)cc1. The molecule has 9 heteroatoms. The molecule has 7 nitrogen and oxygen atoms in total. The quantitative estimate of drug-likeness (QED) is 0.533. The molecular formula is C24H24FN3O4S. The molecule has 3 aromatic rings. The highest BCUT2D eigenvalue weighted by Crippen LogP contribution is 2.31. The summed E-state index contributed by atoms with van der Waals surface area (Å²) in [6, 6.07) is 16.7. The molecule has 1 aliphatic rings. The lowest BCUT2D eigenvalue weighted by Crippen LogP contribution is -2.22. The Labute approximate surface area is 192 Å². The number of anilines is 3. The number of hydrogen-bond donors (Lipinski definition) is 2. The third-order valence-electron chi connectivity index (χ3n) is 5.43. The van der Waals surface area contributed by atoms with Crippen LogP contribution in [-0.4, -0.2) is 34.5 Å². The largest absolute Gasteiger partial charge is 0.497 e. The number of amides is 1. The summed E-state index contributed by atoms with van der Waals surface area (Å²) in [5, 5.41) is 2.63. The number of carbonyl (C=O) groups is 1. The fourth-order valence-corrected chi connectivity index (χ4v) is 4.83. The maximum atomic E-state index is 14.6. The van der Waals surface area contributed by atoms with E-state index in [1.165, 1.54) is 37.4 Å². The van der Waals surface area contributed by atoms with Crippen molar-refractivity contribution < 1.29 is 22.3 Å². The fraction of sp³-hybridized carbons (Fsp3) is 0.208. The van der Waals surface area contributed by atoms with Crippen LogP contribution in [0.5, 0.6) is 5.75 Å². The van der Waals surface area contributed by atoms with Crippen molar-refractivity contribution in [1.82, 2.24) is 0 Å². The first-order chi connectivity index (χ1) is 15.9. The van der Waals surface area contributed by atoms with Crippen LogP contribution < -0.4 is 19.7 Å². The molecule has 0 bridgehead atoms. The Morgan fingerprint density at radius 3 is 2.39 bits per heavy atom. The van der Waals surface area contributed by atoms with Crippen LogP contribution >= 0.6 is 0 Å². The molecule has 172 valence electrons. The van der Waals surface area contributed by atoms with Crippen LogP contribution in [-0.2, 0) is 10.0 Å². The Morgan fingerprint density at radius 1 is 1.00 bits per heavy atom. The second-order valence-corrected chi connectivity index (χ2v) is 9.33. The average molecular weight is 470 g/mol. The van der Waals surface area contributed by atoms with E-state index in [0.29, 0.717) is 17.1 Å². The summed E-state index contributed by atoms with van der Waals surface area (Å²) in [4.78, 5) is 14.9. The van der Waals surface area contributed by atoms with E-state index in [4.69, 9.17) is 4.74 Å². The van der Waals surface area contributed by atoms with Gasteiger partial charge in [0.25, 0.3) is 15.9 Å². The molecule has 1 saturated heterocycles. The Morgan fingerprint density at radius 2 is 1.70 bits per heavy atom. The van der Waals surface area contributed by atoms with Gasteiger partial charge < -0.3 is 15.0 Å². The van der Waals surface area contributed by atoms with Gasteiger partial charge in [0.1, 0.15) is 17.3 Å². The number of ether oxygens (including phenoxy) is 1. The average Bonchev–Trinajstić information content (AvgIpc) is 3.35. The van der Waals surface area contributed by atoms with E-state index in [1.54, 1.807) is 36.4 Å². The zero-order chi connectivity index (χ0) is 23.4. The number of methoxy groups -OCH3 is 1. The van der Waals surface area contributed by atoms with E-state index < -0.39 is 21.7 Å². The van der Waals surface area contributed by atoms with Gasteiger partial charge in [-0.15, -0.1) is 0 Å². The maximum absolute atomic E-state index is 14.6. The molecule has 0 spiro atoms. The lowest BCUT2D eigenvalue weighted by atomic mass is 10.2. The highest BCUT2D eigenvalue weighted by Gasteiger charge is 2.21. The molecule has 0 radical (unpaired) electrons. The fourth-order valence-electron chi connectivity index (χ4n) is 3.72. The van der Waals surface area contributed by atoms with Gasteiger partial charge in [-0.25, -0.2) is 12.8 Å². The second-order valence-electron chi connectivity index (χ2n) is 7.64. The Balaban J connectivity index is 1.56. The Hall–Kier alpha value is -3.59. The first kappa shape index (κ1) is 22.6. The van der Waals surface area contributed by atoms with Crippen LogP contribution in [0.3, 0.4) is 0 Å². The molecule has 4 rings (SSSR count). The minimum atomic E-state index is -3.94. The normalized spacial score (nSPS) is 13.6. The summed E-state index contributed by atoms with van der Waals surface area (Å²) >= 11 is 0. The number of benzene rings is 3. The van der Waals surface area contributed by atoms with E-state index in [2.05, 4.69) is 10.0 Å². The molecule has 1 amide bonds. The van der Waals surface area contributed by atoms with Crippen LogP contribution in [0, 0.1) is 5.82 Å². The zero-order valence-electron chi connectivity index (χ0n) is 18.0. The topological polar surface area (TPSA) is 87.7 Å². The van der Waals surface area contributed by atoms with Crippen molar-refractivity contribution >= 4 is 33.0 Å². The van der Waals surface area contributed by atoms with E-state index in [1.807, 2.05) is 4.90 Å². The summed E-state index contributed by atoms with van der Waals surface area (Å²) in [7, 11) is -2.43. The van der Waals surface area contributed by atoms with Gasteiger partial charge in [-0.1, -0.05) is 12.1 Å². The molecule has 0 atom stereocenters. The summed E-state index contributed by atoms with van der Waals surface area (Å²) in [5.74, 6) is -0.544. The smallest absolute Gasteiger partial charge is 0.261 e. The molecule has 0 aliphatic carbocycles. The lowest BCUT2D eigenvalue weighted by molar-refractivity contribution is 0.102. The number of para-hydroxylation sites is 1. The van der Waals surface area contributed by atoms with Crippen LogP contribution in [0.15, 0.2) is 71.6 Å². The molecule has 0 aromatic heterocycles. The zero-order valence-corrected chi connectivity index (χ0v) is 18.9. The van der Waals surface area contributed by atoms with Crippen molar-refractivity contribution in [2.75, 3.05) is 35.1 Å². The van der Waals surface area contributed by atoms with Gasteiger partial charge in [0.2, 0.25) is 0 Å². The van der Waals surface area contributed by atoms with Crippen molar-refractivity contribution in [1.29, 1.82) is 0 Å². The Bertz CT molecular complexity index is 1260. The number of sulfonamides is 1. The van der Waals surface area contributed by atoms with Gasteiger partial charge in [0.15, 0.2) is 0 Å². The maximum Gasteiger partial charge on any atom is 0.261 e. The number of nitrogens with one attached hydrogen (secondary N) is 2. The first-order valence-electron chi connectivity index (χ1n) is 10.5. The van der Waals surface area contributed by atoms with Crippen LogP contribution in [0.4, 0.5) is 21.5 Å². The molecule has 0 unspecified atom stereocenters. The molecule has 2 N–H and O–H groups in total. The molecule has 1 aliphatic heterocycles. The third kappa shape index (κ3) is 5.09. The van der Waals surface area contributed by atoms with Crippen molar-refractivity contribution in [3.05, 3.63) is 78.1 Å². The van der Waals surface area contributed by atoms with Crippen LogP contribution in [0.25, 0.3) is 0 Å². The van der Waals surface area contributed by atoms with Gasteiger partial charge in [0.05, 0.1) is 17.7 Å². The predicted octanol–water partition coefficient (Wildman–Crippen LogP) is 4.49. The van der Waals surface area contributed by atoms with Crippen LogP contribution in [0.2, 0.25) is 0 Å². The molecule has 1 fully saturated rings. The number of rotatable bonds is 7. The van der Waals surface area contributed by atoms with Gasteiger partial charge in [0, 0.05) is 24.3 Å². The number of nitrogens with zero attached hydrogens (tertiary/aromatic N) is 1. The molecular weight excluding hydrogens is 445 g/mol. The monoisotopic (exact) mass is 469 g/mol. The minimum absolute atomic E-state index is 0.0840. The number of halogens is 1. The van der Waals surface area contributed by atoms with Gasteiger partial charge >= 0.3 is 0 Å². The summed E-state index contributed by atoms with van der Waals surface area (Å²) in [6.45, 7) is 1.58. The number of hydrogen-bond acceptors (Lipinski definition) is 5. The van der Waals surface area contributed by atoms with Crippen molar-refractivity contribution in [2.45, 2.75) is 17.7 Å². The first-order valence-corrected chi connectivity index (χ1v) is 12.0. The summed E-state index contributed by atoms with van der Waals surface area (Å²) < 4.78 is 47.8. The van der Waals surface area contributed by atoms with Crippen molar-refractivity contribution in [3.8, 4) is 5.75 Å². The van der Waals surface area contributed by atoms with Crippen molar-refractivity contribution in [2.24, 2.45) is 0 Å². The highest BCUT2D eigenvalue weighted by atomic mass is 32.2. The van der Waals surface area contributed by atoms with E-state index in [-0.39, 0.29) is 16.1 Å². The molecule has 1 heterocycles. The van der Waals surface area contributed by atoms with Crippen LogP contribution in [0.1, 0.15) is 23.2 Å². The molecule has 0 saturated carbocycles. The number of carbonyl (C=O) groups excluding carboxylic acids is 1. The summed E-state index contributed by atoms with van der Waals surface area (Å²) in [5.41, 5.74) is 1.16. The minimum Gasteiger partial charge on any atom is -0.497 e. The van der Waals surface area contributed by atoms with E-state index >= 15 is 0 Å². The Kier molecular flexibility index (Phi) is 6.50. The van der Waals surface area contributed by atoms with Gasteiger partial charge in [-0.05, 0) is 67.4 Å². The van der Waals surface area contributed by atoms with E-state index in [0.717, 1.165) is 25.9 Å². The highest BCUT2D eigenvalue weighted by molar-refractivity contribution is 7.92. The van der Waals surface area contributed by atoms with Crippen molar-refractivity contribution in [3.63, 3.8) is 0 Å². The second kappa shape index (κ2) is 9.50. The molecule has 3 aromatic carbocycles. The lowest BCUT2D eigenvalue weighted by Gasteiger charge is -2.22.